The maximum Gasteiger partial charge on any atom is 0.205 e. The van der Waals surface area contributed by atoms with Crippen LogP contribution in [-0.2, 0) is 5.60 Å². The Morgan fingerprint density at radius 2 is 1.79 bits per heavy atom. The van der Waals surface area contributed by atoms with Gasteiger partial charge in [-0.3, -0.25) is 9.88 Å². The molecule has 2 heterocycles. The average Bonchev–Trinajstić information content (AvgIpc) is 2.80. The first kappa shape index (κ1) is 23.8. The van der Waals surface area contributed by atoms with Crippen LogP contribution in [0.5, 0.6) is 0 Å². The van der Waals surface area contributed by atoms with Crippen LogP contribution in [0, 0.1) is 6.57 Å². The number of β-amino-alcohol motifs (C(OH)–C–C–N with tert-alkyl or cyclic N) is 1. The third kappa shape index (κ3) is 5.43. The molecule has 1 aliphatic rings. The lowest BCUT2D eigenvalue weighted by Crippen LogP contribution is -2.52. The Balaban J connectivity index is 1.60. The van der Waals surface area contributed by atoms with Gasteiger partial charge in [0.2, 0.25) is 5.69 Å². The molecule has 0 bridgehead atoms. The minimum atomic E-state index is -1.16. The SMILES string of the molecule is [C-]#[N+]c1ccc([C@](C)(O)CN2CCN(c3ccc(Cl)cc3Cl)[C@H](c3ccc(Cl)cc3)C2)nc1. The summed E-state index contributed by atoms with van der Waals surface area (Å²) in [6.45, 7) is 11.4. The monoisotopic (exact) mass is 500 g/mol. The molecule has 1 saturated heterocycles. The Morgan fingerprint density at radius 1 is 1.06 bits per heavy atom. The molecule has 0 radical (unpaired) electrons. The van der Waals surface area contributed by atoms with Crippen LogP contribution in [0.15, 0.2) is 60.8 Å². The van der Waals surface area contributed by atoms with E-state index in [9.17, 15) is 5.11 Å². The van der Waals surface area contributed by atoms with Gasteiger partial charge in [-0.1, -0.05) is 53.0 Å². The van der Waals surface area contributed by atoms with Gasteiger partial charge in [-0.15, -0.1) is 0 Å². The molecule has 0 spiro atoms. The van der Waals surface area contributed by atoms with Crippen molar-refractivity contribution < 1.29 is 5.11 Å². The summed E-state index contributed by atoms with van der Waals surface area (Å²) in [6, 6.07) is 16.8. The minimum Gasteiger partial charge on any atom is -0.382 e. The Bertz CT molecular complexity index is 1160. The van der Waals surface area contributed by atoms with Crippen molar-refractivity contribution in [3.8, 4) is 0 Å². The summed E-state index contributed by atoms with van der Waals surface area (Å²) >= 11 is 18.8. The van der Waals surface area contributed by atoms with E-state index in [4.69, 9.17) is 41.4 Å². The standard InChI is InChI=1S/C25H23Cl3N4O/c1-25(33,24-10-8-20(29-2)14-30-24)16-31-11-12-32(22-9-7-19(27)13-21(22)28)23(15-31)17-3-5-18(26)6-4-17/h3-10,13-14,23,33H,11-12,15-16H2,1H3/t23-,25+/m0/s1. The van der Waals surface area contributed by atoms with Gasteiger partial charge in [-0.25, -0.2) is 4.85 Å². The van der Waals surface area contributed by atoms with E-state index in [-0.39, 0.29) is 6.04 Å². The van der Waals surface area contributed by atoms with Crippen LogP contribution >= 0.6 is 34.8 Å². The molecular weight excluding hydrogens is 479 g/mol. The van der Waals surface area contributed by atoms with Crippen molar-refractivity contribution >= 4 is 46.2 Å². The number of hydrogen-bond acceptors (Lipinski definition) is 4. The number of piperazine rings is 1. The van der Waals surface area contributed by atoms with Gasteiger partial charge in [-0.05, 0) is 48.9 Å². The second kappa shape index (κ2) is 9.89. The van der Waals surface area contributed by atoms with Crippen molar-refractivity contribution in [1.29, 1.82) is 0 Å². The largest absolute Gasteiger partial charge is 0.382 e. The Kier molecular flexibility index (Phi) is 7.13. The number of aromatic nitrogens is 1. The topological polar surface area (TPSA) is 44.0 Å². The van der Waals surface area contributed by atoms with Crippen LogP contribution in [0.4, 0.5) is 11.4 Å². The van der Waals surface area contributed by atoms with Gasteiger partial charge in [-0.2, -0.15) is 0 Å². The quantitative estimate of drug-likeness (QED) is 0.413. The van der Waals surface area contributed by atoms with Gasteiger partial charge in [0.25, 0.3) is 0 Å². The lowest BCUT2D eigenvalue weighted by Gasteiger charge is -2.45. The maximum absolute atomic E-state index is 11.2. The van der Waals surface area contributed by atoms with E-state index in [0.29, 0.717) is 39.5 Å². The van der Waals surface area contributed by atoms with Crippen LogP contribution in [0.25, 0.3) is 4.85 Å². The molecule has 4 rings (SSSR count). The highest BCUT2D eigenvalue weighted by Crippen LogP contribution is 2.37. The number of halogens is 3. The smallest absolute Gasteiger partial charge is 0.205 e. The number of pyridine rings is 1. The molecule has 0 amide bonds. The highest BCUT2D eigenvalue weighted by Gasteiger charge is 2.34. The number of rotatable bonds is 5. The van der Waals surface area contributed by atoms with Crippen LogP contribution < -0.4 is 4.90 Å². The van der Waals surface area contributed by atoms with Crippen LogP contribution in [0.3, 0.4) is 0 Å². The van der Waals surface area contributed by atoms with E-state index in [1.54, 1.807) is 25.1 Å². The molecule has 1 aliphatic heterocycles. The lowest BCUT2D eigenvalue weighted by atomic mass is 9.97. The fourth-order valence-corrected chi connectivity index (χ4v) is 4.89. The molecule has 170 valence electrons. The molecule has 0 unspecified atom stereocenters. The third-order valence-electron chi connectivity index (χ3n) is 5.90. The summed E-state index contributed by atoms with van der Waals surface area (Å²) in [5.74, 6) is 0. The van der Waals surface area contributed by atoms with Gasteiger partial charge >= 0.3 is 0 Å². The number of nitrogens with zero attached hydrogens (tertiary/aromatic N) is 4. The Labute approximate surface area is 209 Å². The van der Waals surface area contributed by atoms with Crippen LogP contribution in [-0.4, -0.2) is 41.2 Å². The zero-order chi connectivity index (χ0) is 23.6. The summed E-state index contributed by atoms with van der Waals surface area (Å²) in [5.41, 5.74) is 1.86. The Morgan fingerprint density at radius 3 is 2.42 bits per heavy atom. The minimum absolute atomic E-state index is 0.00272. The number of benzene rings is 2. The van der Waals surface area contributed by atoms with Crippen molar-refractivity contribution in [2.24, 2.45) is 0 Å². The zero-order valence-corrected chi connectivity index (χ0v) is 20.3. The van der Waals surface area contributed by atoms with Gasteiger partial charge in [0.05, 0.1) is 29.0 Å². The summed E-state index contributed by atoms with van der Waals surface area (Å²) < 4.78 is 0. The van der Waals surface area contributed by atoms with Crippen LogP contribution in [0.2, 0.25) is 15.1 Å². The normalized spacial score (nSPS) is 18.5. The molecular formula is C25H23Cl3N4O. The van der Waals surface area contributed by atoms with Crippen LogP contribution in [0.1, 0.15) is 24.2 Å². The molecule has 8 heteroatoms. The van der Waals surface area contributed by atoms with E-state index < -0.39 is 5.60 Å². The molecule has 1 N–H and O–H groups in total. The van der Waals surface area contributed by atoms with E-state index in [1.807, 2.05) is 36.4 Å². The van der Waals surface area contributed by atoms with E-state index in [2.05, 4.69) is 19.6 Å². The van der Waals surface area contributed by atoms with Gasteiger partial charge in [0, 0.05) is 42.4 Å². The number of hydrogen-bond donors (Lipinski definition) is 1. The van der Waals surface area contributed by atoms with E-state index in [0.717, 1.165) is 24.3 Å². The zero-order valence-electron chi connectivity index (χ0n) is 18.0. The molecule has 2 atom stereocenters. The lowest BCUT2D eigenvalue weighted by molar-refractivity contribution is 0.00680. The molecule has 1 fully saturated rings. The van der Waals surface area contributed by atoms with Crippen molar-refractivity contribution in [2.45, 2.75) is 18.6 Å². The molecule has 2 aromatic carbocycles. The van der Waals surface area contributed by atoms with Gasteiger partial charge in [0.1, 0.15) is 5.60 Å². The van der Waals surface area contributed by atoms with Gasteiger partial charge < -0.3 is 10.0 Å². The summed E-state index contributed by atoms with van der Waals surface area (Å²) in [7, 11) is 0. The van der Waals surface area contributed by atoms with Crippen molar-refractivity contribution in [1.82, 2.24) is 9.88 Å². The highest BCUT2D eigenvalue weighted by molar-refractivity contribution is 6.36. The van der Waals surface area contributed by atoms with E-state index >= 15 is 0 Å². The third-order valence-corrected chi connectivity index (χ3v) is 6.69. The Hall–Kier alpha value is -2.33. The molecule has 3 aromatic rings. The fraction of sp³-hybridized carbons (Fsp3) is 0.280. The molecule has 33 heavy (non-hydrogen) atoms. The summed E-state index contributed by atoms with van der Waals surface area (Å²) in [6.07, 6.45) is 1.49. The first-order chi connectivity index (χ1) is 15.8. The first-order valence-corrected chi connectivity index (χ1v) is 11.7. The molecule has 0 aliphatic carbocycles. The summed E-state index contributed by atoms with van der Waals surface area (Å²) in [5, 5.41) is 13.1. The predicted octanol–water partition coefficient (Wildman–Crippen LogP) is 6.36. The maximum atomic E-state index is 11.2. The second-order valence-electron chi connectivity index (χ2n) is 8.38. The fourth-order valence-electron chi connectivity index (χ4n) is 4.24. The van der Waals surface area contributed by atoms with Crippen molar-refractivity contribution in [3.63, 3.8) is 0 Å². The highest BCUT2D eigenvalue weighted by atomic mass is 35.5. The number of anilines is 1. The van der Waals surface area contributed by atoms with Crippen molar-refractivity contribution in [3.05, 3.63) is 98.5 Å². The average molecular weight is 502 g/mol. The van der Waals surface area contributed by atoms with E-state index in [1.165, 1.54) is 6.20 Å². The van der Waals surface area contributed by atoms with Crippen molar-refractivity contribution in [2.75, 3.05) is 31.1 Å². The first-order valence-electron chi connectivity index (χ1n) is 10.5. The molecule has 5 nitrogen and oxygen atoms in total. The summed E-state index contributed by atoms with van der Waals surface area (Å²) in [4.78, 5) is 12.2. The molecule has 1 aromatic heterocycles. The predicted molar refractivity (Wildman–Crippen MR) is 135 cm³/mol. The second-order valence-corrected chi connectivity index (χ2v) is 9.66. The molecule has 0 saturated carbocycles. The number of aliphatic hydroxyl groups is 1. The van der Waals surface area contributed by atoms with Gasteiger partial charge in [0.15, 0.2) is 0 Å².